The van der Waals surface area contributed by atoms with Crippen molar-refractivity contribution in [3.05, 3.63) is 28.8 Å². The number of hydrogen-bond donors (Lipinski definition) is 1. The summed E-state index contributed by atoms with van der Waals surface area (Å²) in [7, 11) is 0. The SMILES string of the molecule is CC(C)(C)NCc1c(Cl)cccc1OCCSC(F)(F)F. The largest absolute Gasteiger partial charge is 0.492 e. The summed E-state index contributed by atoms with van der Waals surface area (Å²) in [5.74, 6) is 0.365. The van der Waals surface area contributed by atoms with Gasteiger partial charge in [0.1, 0.15) is 5.75 Å². The fraction of sp³-hybridized carbons (Fsp3) is 0.571. The van der Waals surface area contributed by atoms with Gasteiger partial charge in [0.2, 0.25) is 0 Å². The lowest BCUT2D eigenvalue weighted by Crippen LogP contribution is -2.35. The van der Waals surface area contributed by atoms with E-state index in [0.717, 1.165) is 5.56 Å². The fourth-order valence-corrected chi connectivity index (χ4v) is 2.14. The van der Waals surface area contributed by atoms with Crippen LogP contribution in [0.4, 0.5) is 13.2 Å². The van der Waals surface area contributed by atoms with Gasteiger partial charge in [-0.25, -0.2) is 0 Å². The van der Waals surface area contributed by atoms with Crippen LogP contribution in [0.15, 0.2) is 18.2 Å². The molecule has 2 nitrogen and oxygen atoms in total. The van der Waals surface area contributed by atoms with Crippen molar-refractivity contribution in [1.82, 2.24) is 5.32 Å². The van der Waals surface area contributed by atoms with Crippen LogP contribution in [-0.2, 0) is 6.54 Å². The molecule has 7 heteroatoms. The standard InChI is InChI=1S/C14H19ClF3NOS/c1-13(2,3)19-9-10-11(15)5-4-6-12(10)20-7-8-21-14(16,17)18/h4-6,19H,7-9H2,1-3H3. The molecule has 1 N–H and O–H groups in total. The summed E-state index contributed by atoms with van der Waals surface area (Å²) in [4.78, 5) is 0. The molecule has 1 aromatic rings. The van der Waals surface area contributed by atoms with E-state index in [1.165, 1.54) is 0 Å². The maximum absolute atomic E-state index is 12.1. The number of thioether (sulfide) groups is 1. The average molecular weight is 342 g/mol. The minimum Gasteiger partial charge on any atom is -0.492 e. The van der Waals surface area contributed by atoms with Crippen LogP contribution in [0.3, 0.4) is 0 Å². The average Bonchev–Trinajstić information content (AvgIpc) is 2.31. The van der Waals surface area contributed by atoms with Crippen LogP contribution in [0.25, 0.3) is 0 Å². The van der Waals surface area contributed by atoms with E-state index >= 15 is 0 Å². The van der Waals surface area contributed by atoms with E-state index in [0.29, 0.717) is 17.3 Å². The Morgan fingerprint density at radius 1 is 1.24 bits per heavy atom. The van der Waals surface area contributed by atoms with E-state index in [-0.39, 0.29) is 29.7 Å². The van der Waals surface area contributed by atoms with Crippen molar-refractivity contribution >= 4 is 23.4 Å². The van der Waals surface area contributed by atoms with E-state index in [4.69, 9.17) is 16.3 Å². The number of rotatable bonds is 6. The number of alkyl halides is 3. The van der Waals surface area contributed by atoms with Crippen molar-refractivity contribution in [3.63, 3.8) is 0 Å². The summed E-state index contributed by atoms with van der Waals surface area (Å²) in [6.07, 6.45) is 0. The van der Waals surface area contributed by atoms with Crippen molar-refractivity contribution in [3.8, 4) is 5.75 Å². The summed E-state index contributed by atoms with van der Waals surface area (Å²) in [6, 6.07) is 5.16. The Labute approximate surface area is 132 Å². The number of benzene rings is 1. The van der Waals surface area contributed by atoms with Gasteiger partial charge in [-0.3, -0.25) is 0 Å². The summed E-state index contributed by atoms with van der Waals surface area (Å²) in [5, 5.41) is 3.82. The van der Waals surface area contributed by atoms with E-state index in [9.17, 15) is 13.2 Å². The molecular weight excluding hydrogens is 323 g/mol. The molecule has 1 rings (SSSR count). The van der Waals surface area contributed by atoms with Gasteiger partial charge in [-0.15, -0.1) is 0 Å². The molecule has 0 bridgehead atoms. The molecule has 0 aliphatic rings. The Balaban J connectivity index is 2.63. The third-order valence-electron chi connectivity index (χ3n) is 2.48. The van der Waals surface area contributed by atoms with Crippen LogP contribution in [0.5, 0.6) is 5.75 Å². The van der Waals surface area contributed by atoms with Gasteiger partial charge in [0.25, 0.3) is 0 Å². The van der Waals surface area contributed by atoms with Crippen LogP contribution in [0.1, 0.15) is 26.3 Å². The molecule has 120 valence electrons. The zero-order valence-electron chi connectivity index (χ0n) is 12.2. The van der Waals surface area contributed by atoms with Gasteiger partial charge < -0.3 is 10.1 Å². The Hall–Kier alpha value is -0.590. The molecule has 0 atom stereocenters. The molecule has 0 heterocycles. The topological polar surface area (TPSA) is 21.3 Å². The number of hydrogen-bond acceptors (Lipinski definition) is 3. The van der Waals surface area contributed by atoms with Crippen molar-refractivity contribution in [2.45, 2.75) is 38.4 Å². The van der Waals surface area contributed by atoms with Crippen LogP contribution in [-0.4, -0.2) is 23.4 Å². The van der Waals surface area contributed by atoms with Gasteiger partial charge in [-0.1, -0.05) is 17.7 Å². The van der Waals surface area contributed by atoms with Gasteiger partial charge in [0, 0.05) is 28.4 Å². The first-order chi connectivity index (χ1) is 9.58. The maximum Gasteiger partial charge on any atom is 0.441 e. The van der Waals surface area contributed by atoms with Gasteiger partial charge in [0.05, 0.1) is 6.61 Å². The lowest BCUT2D eigenvalue weighted by atomic mass is 10.1. The Kier molecular flexibility index (Phi) is 6.69. The van der Waals surface area contributed by atoms with Crippen LogP contribution in [0.2, 0.25) is 5.02 Å². The van der Waals surface area contributed by atoms with Crippen molar-refractivity contribution in [2.24, 2.45) is 0 Å². The van der Waals surface area contributed by atoms with E-state index in [1.807, 2.05) is 20.8 Å². The summed E-state index contributed by atoms with van der Waals surface area (Å²) in [5.41, 5.74) is -3.57. The zero-order chi connectivity index (χ0) is 16.1. The smallest absolute Gasteiger partial charge is 0.441 e. The molecule has 0 saturated carbocycles. The predicted molar refractivity (Wildman–Crippen MR) is 82.1 cm³/mol. The van der Waals surface area contributed by atoms with E-state index in [2.05, 4.69) is 5.32 Å². The number of halogens is 4. The molecule has 0 aromatic heterocycles. The lowest BCUT2D eigenvalue weighted by molar-refractivity contribution is -0.0329. The predicted octanol–water partition coefficient (Wildman–Crippen LogP) is 4.86. The molecule has 21 heavy (non-hydrogen) atoms. The first kappa shape index (κ1) is 18.5. The van der Waals surface area contributed by atoms with Crippen LogP contribution < -0.4 is 10.1 Å². The third-order valence-corrected chi connectivity index (χ3v) is 3.53. The number of nitrogens with one attached hydrogen (secondary N) is 1. The number of ether oxygens (including phenoxy) is 1. The highest BCUT2D eigenvalue weighted by Crippen LogP contribution is 2.31. The summed E-state index contributed by atoms with van der Waals surface area (Å²) < 4.78 is 41.6. The highest BCUT2D eigenvalue weighted by Gasteiger charge is 2.27. The molecule has 0 saturated heterocycles. The second-order valence-electron chi connectivity index (χ2n) is 5.46. The highest BCUT2D eigenvalue weighted by atomic mass is 35.5. The second kappa shape index (κ2) is 7.61. The Morgan fingerprint density at radius 2 is 1.90 bits per heavy atom. The first-order valence-electron chi connectivity index (χ1n) is 6.44. The highest BCUT2D eigenvalue weighted by molar-refractivity contribution is 8.00. The normalized spacial score (nSPS) is 12.5. The molecule has 0 aliphatic carbocycles. The minimum absolute atomic E-state index is 0.0208. The van der Waals surface area contributed by atoms with Crippen molar-refractivity contribution < 1.29 is 17.9 Å². The van der Waals surface area contributed by atoms with E-state index < -0.39 is 5.51 Å². The Bertz CT molecular complexity index is 461. The molecule has 0 radical (unpaired) electrons. The second-order valence-corrected chi connectivity index (χ2v) is 7.03. The molecule has 0 spiro atoms. The lowest BCUT2D eigenvalue weighted by Gasteiger charge is -2.22. The van der Waals surface area contributed by atoms with Crippen LogP contribution in [0, 0.1) is 0 Å². The third kappa shape index (κ3) is 7.83. The van der Waals surface area contributed by atoms with Gasteiger partial charge in [-0.05, 0) is 44.7 Å². The van der Waals surface area contributed by atoms with Gasteiger partial charge >= 0.3 is 5.51 Å². The van der Waals surface area contributed by atoms with Gasteiger partial charge in [-0.2, -0.15) is 13.2 Å². The molecule has 0 amide bonds. The Morgan fingerprint density at radius 3 is 2.48 bits per heavy atom. The molecule has 0 fully saturated rings. The van der Waals surface area contributed by atoms with Gasteiger partial charge in [0.15, 0.2) is 0 Å². The first-order valence-corrected chi connectivity index (χ1v) is 7.81. The molecule has 1 aromatic carbocycles. The molecule has 0 unspecified atom stereocenters. The fourth-order valence-electron chi connectivity index (χ4n) is 1.51. The summed E-state index contributed by atoms with van der Waals surface area (Å²) >= 11 is 6.05. The van der Waals surface area contributed by atoms with Crippen LogP contribution >= 0.6 is 23.4 Å². The zero-order valence-corrected chi connectivity index (χ0v) is 13.8. The maximum atomic E-state index is 12.1. The minimum atomic E-state index is -4.23. The molecular formula is C14H19ClF3NOS. The van der Waals surface area contributed by atoms with Crippen molar-refractivity contribution in [2.75, 3.05) is 12.4 Å². The van der Waals surface area contributed by atoms with E-state index in [1.54, 1.807) is 18.2 Å². The monoisotopic (exact) mass is 341 g/mol. The summed E-state index contributed by atoms with van der Waals surface area (Å²) in [6.45, 7) is 6.52. The van der Waals surface area contributed by atoms with Crippen molar-refractivity contribution in [1.29, 1.82) is 0 Å². The molecule has 0 aliphatic heterocycles. The quantitative estimate of drug-likeness (QED) is 0.747.